The van der Waals surface area contributed by atoms with Crippen LogP contribution in [-0.4, -0.2) is 19.7 Å². The van der Waals surface area contributed by atoms with Crippen LogP contribution < -0.4 is 0 Å². The summed E-state index contributed by atoms with van der Waals surface area (Å²) in [6, 6.07) is 9.80. The lowest BCUT2D eigenvalue weighted by molar-refractivity contribution is 0.677. The van der Waals surface area contributed by atoms with E-state index < -0.39 is 0 Å². The van der Waals surface area contributed by atoms with Crippen molar-refractivity contribution >= 4 is 22.8 Å². The van der Waals surface area contributed by atoms with Gasteiger partial charge in [-0.3, -0.25) is 0 Å². The lowest BCUT2D eigenvalue weighted by Gasteiger charge is -2.04. The molecule has 0 spiro atoms. The van der Waals surface area contributed by atoms with Gasteiger partial charge in [0, 0.05) is 12.1 Å². The lowest BCUT2D eigenvalue weighted by atomic mass is 10.2. The van der Waals surface area contributed by atoms with Crippen LogP contribution in [0.25, 0.3) is 22.4 Å². The van der Waals surface area contributed by atoms with E-state index in [4.69, 9.17) is 11.6 Å². The number of aryl methyl sites for hydroxylation is 1. The summed E-state index contributed by atoms with van der Waals surface area (Å²) in [6.07, 6.45) is 1.69. The van der Waals surface area contributed by atoms with Gasteiger partial charge in [-0.25, -0.2) is 14.6 Å². The van der Waals surface area contributed by atoms with Gasteiger partial charge in [0.1, 0.15) is 11.2 Å². The minimum absolute atomic E-state index is 0.407. The molecule has 0 saturated carbocycles. The van der Waals surface area contributed by atoms with E-state index in [1.165, 1.54) is 0 Å². The monoisotopic (exact) mass is 258 g/mol. The Bertz CT molecular complexity index is 691. The molecule has 90 valence electrons. The normalized spacial score (nSPS) is 11.0. The van der Waals surface area contributed by atoms with Gasteiger partial charge < -0.3 is 0 Å². The summed E-state index contributed by atoms with van der Waals surface area (Å²) in [7, 11) is 0. The van der Waals surface area contributed by atoms with Crippen molar-refractivity contribution in [3.63, 3.8) is 0 Å². The zero-order chi connectivity index (χ0) is 12.5. The van der Waals surface area contributed by atoms with Gasteiger partial charge in [0.2, 0.25) is 0 Å². The highest BCUT2D eigenvalue weighted by Crippen LogP contribution is 2.26. The maximum absolute atomic E-state index is 6.18. The SMILES string of the molecule is CCn1ncc2nc(Cl)c(-c3ccccc3)nc21. The molecule has 2 heterocycles. The molecule has 0 aliphatic carbocycles. The zero-order valence-corrected chi connectivity index (χ0v) is 10.6. The molecule has 0 N–H and O–H groups in total. The molecule has 3 rings (SSSR count). The number of aromatic nitrogens is 4. The Labute approximate surface area is 109 Å². The number of hydrogen-bond acceptors (Lipinski definition) is 3. The molecule has 0 bridgehead atoms. The first-order valence-corrected chi connectivity index (χ1v) is 6.12. The summed E-state index contributed by atoms with van der Waals surface area (Å²) in [5, 5.41) is 4.63. The Morgan fingerprint density at radius 1 is 1.17 bits per heavy atom. The predicted octanol–water partition coefficient (Wildman–Crippen LogP) is 3.17. The summed E-state index contributed by atoms with van der Waals surface area (Å²) in [5.74, 6) is 0. The van der Waals surface area contributed by atoms with Gasteiger partial charge in [0.25, 0.3) is 0 Å². The maximum Gasteiger partial charge on any atom is 0.177 e. The van der Waals surface area contributed by atoms with E-state index in [1.54, 1.807) is 6.20 Å². The van der Waals surface area contributed by atoms with E-state index in [-0.39, 0.29) is 0 Å². The molecule has 0 fully saturated rings. The van der Waals surface area contributed by atoms with E-state index in [1.807, 2.05) is 41.9 Å². The second-order valence-electron chi connectivity index (χ2n) is 3.90. The third-order valence-corrected chi connectivity index (χ3v) is 3.03. The van der Waals surface area contributed by atoms with Gasteiger partial charge in [-0.05, 0) is 6.92 Å². The highest BCUT2D eigenvalue weighted by atomic mass is 35.5. The molecule has 2 aromatic heterocycles. The molecular weight excluding hydrogens is 248 g/mol. The summed E-state index contributed by atoms with van der Waals surface area (Å²) < 4.78 is 1.81. The molecular formula is C13H11ClN4. The quantitative estimate of drug-likeness (QED) is 0.709. The topological polar surface area (TPSA) is 43.6 Å². The van der Waals surface area contributed by atoms with Crippen molar-refractivity contribution in [2.45, 2.75) is 13.5 Å². The van der Waals surface area contributed by atoms with Crippen LogP contribution in [0.5, 0.6) is 0 Å². The van der Waals surface area contributed by atoms with Crippen LogP contribution in [0.2, 0.25) is 5.15 Å². The molecule has 0 unspecified atom stereocenters. The third kappa shape index (κ3) is 1.75. The standard InChI is InChI=1S/C13H11ClN4/c1-2-18-13-10(8-15-18)16-12(14)11(17-13)9-6-4-3-5-7-9/h3-8H,2H2,1H3. The molecule has 0 amide bonds. The van der Waals surface area contributed by atoms with E-state index in [0.29, 0.717) is 10.8 Å². The Balaban J connectivity index is 2.26. The number of fused-ring (bicyclic) bond motifs is 1. The number of halogens is 1. The van der Waals surface area contributed by atoms with Gasteiger partial charge in [0.05, 0.1) is 6.20 Å². The molecule has 3 aromatic rings. The zero-order valence-electron chi connectivity index (χ0n) is 9.84. The number of benzene rings is 1. The van der Waals surface area contributed by atoms with Crippen molar-refractivity contribution in [3.05, 3.63) is 41.7 Å². The molecule has 0 saturated heterocycles. The second-order valence-corrected chi connectivity index (χ2v) is 4.26. The summed E-state index contributed by atoms with van der Waals surface area (Å²) in [5.41, 5.74) is 3.14. The smallest absolute Gasteiger partial charge is 0.177 e. The van der Waals surface area contributed by atoms with Crippen LogP contribution >= 0.6 is 11.6 Å². The lowest BCUT2D eigenvalue weighted by Crippen LogP contribution is -1.99. The first kappa shape index (κ1) is 11.2. The molecule has 5 heteroatoms. The van der Waals surface area contributed by atoms with Crippen molar-refractivity contribution in [2.75, 3.05) is 0 Å². The Morgan fingerprint density at radius 3 is 2.67 bits per heavy atom. The van der Waals surface area contributed by atoms with Crippen LogP contribution in [-0.2, 0) is 6.54 Å². The van der Waals surface area contributed by atoms with Crippen molar-refractivity contribution < 1.29 is 0 Å². The summed E-state index contributed by atoms with van der Waals surface area (Å²) >= 11 is 6.18. The minimum Gasteiger partial charge on any atom is -0.246 e. The highest BCUT2D eigenvalue weighted by molar-refractivity contribution is 6.32. The minimum atomic E-state index is 0.407. The molecule has 0 atom stereocenters. The average Bonchev–Trinajstić information content (AvgIpc) is 2.80. The Hall–Kier alpha value is -1.94. The predicted molar refractivity (Wildman–Crippen MR) is 71.4 cm³/mol. The molecule has 18 heavy (non-hydrogen) atoms. The van der Waals surface area contributed by atoms with E-state index in [0.717, 1.165) is 23.3 Å². The highest BCUT2D eigenvalue weighted by Gasteiger charge is 2.11. The Morgan fingerprint density at radius 2 is 1.94 bits per heavy atom. The number of rotatable bonds is 2. The second kappa shape index (κ2) is 4.38. The summed E-state index contributed by atoms with van der Waals surface area (Å²) in [6.45, 7) is 2.78. The largest absolute Gasteiger partial charge is 0.246 e. The van der Waals surface area contributed by atoms with Gasteiger partial charge in [0.15, 0.2) is 10.8 Å². The number of nitrogens with zero attached hydrogens (tertiary/aromatic N) is 4. The number of hydrogen-bond donors (Lipinski definition) is 0. The van der Waals surface area contributed by atoms with Gasteiger partial charge in [-0.1, -0.05) is 41.9 Å². The fraction of sp³-hybridized carbons (Fsp3) is 0.154. The fourth-order valence-corrected chi connectivity index (χ4v) is 2.13. The average molecular weight is 259 g/mol. The van der Waals surface area contributed by atoms with Crippen LogP contribution in [0, 0.1) is 0 Å². The summed E-state index contributed by atoms with van der Waals surface area (Å²) in [4.78, 5) is 8.92. The van der Waals surface area contributed by atoms with Gasteiger partial charge >= 0.3 is 0 Å². The first-order chi connectivity index (χ1) is 8.79. The molecule has 1 aromatic carbocycles. The molecule has 4 nitrogen and oxygen atoms in total. The molecule has 0 aliphatic rings. The van der Waals surface area contributed by atoms with Gasteiger partial charge in [-0.2, -0.15) is 5.10 Å². The van der Waals surface area contributed by atoms with Crippen molar-refractivity contribution in [2.24, 2.45) is 0 Å². The Kier molecular flexibility index (Phi) is 2.72. The van der Waals surface area contributed by atoms with E-state index >= 15 is 0 Å². The fourth-order valence-electron chi connectivity index (χ4n) is 1.88. The van der Waals surface area contributed by atoms with Crippen LogP contribution in [0.4, 0.5) is 0 Å². The van der Waals surface area contributed by atoms with Crippen LogP contribution in [0.15, 0.2) is 36.5 Å². The van der Waals surface area contributed by atoms with Crippen molar-refractivity contribution in [1.29, 1.82) is 0 Å². The van der Waals surface area contributed by atoms with Crippen LogP contribution in [0.1, 0.15) is 6.92 Å². The molecule has 0 radical (unpaired) electrons. The van der Waals surface area contributed by atoms with Crippen LogP contribution in [0.3, 0.4) is 0 Å². The third-order valence-electron chi connectivity index (χ3n) is 2.77. The first-order valence-electron chi connectivity index (χ1n) is 5.74. The van der Waals surface area contributed by atoms with Crippen molar-refractivity contribution in [3.8, 4) is 11.3 Å². The molecule has 0 aliphatic heterocycles. The van der Waals surface area contributed by atoms with Crippen molar-refractivity contribution in [1.82, 2.24) is 19.7 Å². The maximum atomic E-state index is 6.18. The van der Waals surface area contributed by atoms with E-state index in [9.17, 15) is 0 Å². The van der Waals surface area contributed by atoms with E-state index in [2.05, 4.69) is 15.1 Å². The van der Waals surface area contributed by atoms with Gasteiger partial charge in [-0.15, -0.1) is 0 Å².